The van der Waals surface area contributed by atoms with Crippen molar-refractivity contribution in [3.63, 3.8) is 0 Å². The summed E-state index contributed by atoms with van der Waals surface area (Å²) in [5.41, 5.74) is 2.53. The lowest BCUT2D eigenvalue weighted by Crippen LogP contribution is -2.34. The van der Waals surface area contributed by atoms with Gasteiger partial charge in [-0.25, -0.2) is 0 Å². The summed E-state index contributed by atoms with van der Waals surface area (Å²) in [5, 5.41) is 0. The summed E-state index contributed by atoms with van der Waals surface area (Å²) in [6.07, 6.45) is 0. The number of benzene rings is 2. The van der Waals surface area contributed by atoms with Crippen LogP contribution >= 0.6 is 0 Å². The maximum Gasteiger partial charge on any atom is 0.257 e. The van der Waals surface area contributed by atoms with Crippen LogP contribution in [0.2, 0.25) is 0 Å². The number of carbonyl (C=O) groups is 3. The number of hydrogen-bond acceptors (Lipinski definition) is 4. The molecule has 7 nitrogen and oxygen atoms in total. The molecule has 0 bridgehead atoms. The van der Waals surface area contributed by atoms with Crippen LogP contribution < -0.4 is 4.74 Å². The predicted molar refractivity (Wildman–Crippen MR) is 122 cm³/mol. The van der Waals surface area contributed by atoms with Gasteiger partial charge in [0.15, 0.2) is 0 Å². The van der Waals surface area contributed by atoms with Gasteiger partial charge in [-0.1, -0.05) is 36.4 Å². The second-order valence-electron chi connectivity index (χ2n) is 8.47. The highest BCUT2D eigenvalue weighted by atomic mass is 16.5. The number of ether oxygens (including phenoxy) is 1. The van der Waals surface area contributed by atoms with Crippen LogP contribution in [-0.4, -0.2) is 73.8 Å². The van der Waals surface area contributed by atoms with E-state index >= 15 is 0 Å². The molecule has 2 aromatic rings. The molecule has 0 N–H and O–H groups in total. The molecule has 0 unspecified atom stereocenters. The summed E-state index contributed by atoms with van der Waals surface area (Å²) in [6.45, 7) is 2.96. The molecule has 2 atom stereocenters. The Morgan fingerprint density at radius 3 is 2.25 bits per heavy atom. The van der Waals surface area contributed by atoms with E-state index < -0.39 is 0 Å². The van der Waals surface area contributed by atoms with Crippen LogP contribution in [0.5, 0.6) is 5.75 Å². The summed E-state index contributed by atoms with van der Waals surface area (Å²) in [6, 6.07) is 15.1. The summed E-state index contributed by atoms with van der Waals surface area (Å²) >= 11 is 0. The Morgan fingerprint density at radius 1 is 1.00 bits per heavy atom. The van der Waals surface area contributed by atoms with E-state index in [9.17, 15) is 14.4 Å². The summed E-state index contributed by atoms with van der Waals surface area (Å²) < 4.78 is 5.30. The number of rotatable bonds is 6. The largest absolute Gasteiger partial charge is 0.496 e. The molecule has 1 saturated heterocycles. The molecule has 2 aromatic carbocycles. The first kappa shape index (κ1) is 23.3. The van der Waals surface area contributed by atoms with E-state index in [4.69, 9.17) is 4.74 Å². The van der Waals surface area contributed by atoms with Crippen molar-refractivity contribution in [2.45, 2.75) is 19.4 Å². The van der Waals surface area contributed by atoms with Crippen molar-refractivity contribution in [2.24, 2.45) is 5.92 Å². The number of para-hydroxylation sites is 1. The van der Waals surface area contributed by atoms with E-state index in [1.165, 1.54) is 6.92 Å². The first-order valence-corrected chi connectivity index (χ1v) is 10.7. The minimum Gasteiger partial charge on any atom is -0.496 e. The molecule has 0 radical (unpaired) electrons. The Kier molecular flexibility index (Phi) is 7.18. The van der Waals surface area contributed by atoms with Crippen LogP contribution in [0.3, 0.4) is 0 Å². The van der Waals surface area contributed by atoms with Crippen molar-refractivity contribution in [3.8, 4) is 5.75 Å². The van der Waals surface area contributed by atoms with Crippen LogP contribution in [0.15, 0.2) is 48.5 Å². The molecule has 1 fully saturated rings. The van der Waals surface area contributed by atoms with E-state index in [0.717, 1.165) is 11.1 Å². The lowest BCUT2D eigenvalue weighted by molar-refractivity contribution is -0.133. The minimum atomic E-state index is -0.255. The maximum absolute atomic E-state index is 12.9. The first-order chi connectivity index (χ1) is 15.2. The van der Waals surface area contributed by atoms with Gasteiger partial charge in [-0.2, -0.15) is 0 Å². The molecule has 1 aliphatic rings. The Labute approximate surface area is 189 Å². The molecule has 1 heterocycles. The molecule has 0 saturated carbocycles. The van der Waals surface area contributed by atoms with Gasteiger partial charge in [-0.3, -0.25) is 14.4 Å². The van der Waals surface area contributed by atoms with Gasteiger partial charge in [0.05, 0.1) is 18.6 Å². The van der Waals surface area contributed by atoms with Crippen molar-refractivity contribution in [2.75, 3.05) is 41.3 Å². The van der Waals surface area contributed by atoms with Gasteiger partial charge >= 0.3 is 0 Å². The van der Waals surface area contributed by atoms with Gasteiger partial charge in [0.1, 0.15) is 5.75 Å². The van der Waals surface area contributed by atoms with Crippen molar-refractivity contribution < 1.29 is 19.1 Å². The van der Waals surface area contributed by atoms with Gasteiger partial charge in [0.2, 0.25) is 11.8 Å². The average Bonchev–Trinajstić information content (AvgIpc) is 3.24. The topological polar surface area (TPSA) is 70.2 Å². The molecule has 170 valence electrons. The molecule has 0 aromatic heterocycles. The zero-order valence-electron chi connectivity index (χ0n) is 19.4. The zero-order valence-corrected chi connectivity index (χ0v) is 19.4. The lowest BCUT2D eigenvalue weighted by atomic mass is 9.87. The Morgan fingerprint density at radius 2 is 1.66 bits per heavy atom. The molecule has 0 spiro atoms. The van der Waals surface area contributed by atoms with Crippen molar-refractivity contribution in [1.82, 2.24) is 14.7 Å². The normalized spacial score (nSPS) is 17.7. The number of amides is 3. The van der Waals surface area contributed by atoms with Crippen LogP contribution in [0, 0.1) is 5.92 Å². The van der Waals surface area contributed by atoms with Crippen LogP contribution in [0.25, 0.3) is 0 Å². The summed E-state index contributed by atoms with van der Waals surface area (Å²) in [7, 11) is 6.80. The highest BCUT2D eigenvalue weighted by Gasteiger charge is 2.40. The summed E-state index contributed by atoms with van der Waals surface area (Å²) in [4.78, 5) is 42.5. The molecule has 32 heavy (non-hydrogen) atoms. The van der Waals surface area contributed by atoms with Crippen LogP contribution in [0.4, 0.5) is 0 Å². The van der Waals surface area contributed by atoms with Gasteiger partial charge in [0.25, 0.3) is 5.91 Å². The lowest BCUT2D eigenvalue weighted by Gasteiger charge is -2.22. The van der Waals surface area contributed by atoms with Crippen molar-refractivity contribution in [3.05, 3.63) is 65.2 Å². The number of hydrogen-bond donors (Lipinski definition) is 0. The van der Waals surface area contributed by atoms with Crippen LogP contribution in [-0.2, 0) is 16.1 Å². The van der Waals surface area contributed by atoms with Crippen molar-refractivity contribution in [1.29, 1.82) is 0 Å². The van der Waals surface area contributed by atoms with Gasteiger partial charge in [-0.05, 0) is 23.3 Å². The molecule has 0 aliphatic carbocycles. The third-order valence-electron chi connectivity index (χ3n) is 6.03. The monoisotopic (exact) mass is 437 g/mol. The Balaban J connectivity index is 1.74. The number of likely N-dealkylation sites (tertiary alicyclic amines) is 1. The molecular weight excluding hydrogens is 406 g/mol. The van der Waals surface area contributed by atoms with E-state index in [1.54, 1.807) is 55.1 Å². The van der Waals surface area contributed by atoms with E-state index in [2.05, 4.69) is 0 Å². The second kappa shape index (κ2) is 9.85. The first-order valence-electron chi connectivity index (χ1n) is 10.7. The summed E-state index contributed by atoms with van der Waals surface area (Å²) in [5.74, 6) is 0.149. The smallest absolute Gasteiger partial charge is 0.257 e. The highest BCUT2D eigenvalue weighted by molar-refractivity contribution is 5.96. The Hall–Kier alpha value is -3.35. The zero-order chi connectivity index (χ0) is 23.4. The number of methoxy groups -OCH3 is 1. The van der Waals surface area contributed by atoms with E-state index in [1.807, 2.05) is 36.4 Å². The molecular formula is C25H31N3O4. The van der Waals surface area contributed by atoms with E-state index in [-0.39, 0.29) is 29.6 Å². The van der Waals surface area contributed by atoms with Gasteiger partial charge in [0, 0.05) is 53.6 Å². The fourth-order valence-corrected chi connectivity index (χ4v) is 4.22. The molecule has 3 amide bonds. The fourth-order valence-electron chi connectivity index (χ4n) is 4.22. The maximum atomic E-state index is 12.9. The van der Waals surface area contributed by atoms with Crippen molar-refractivity contribution >= 4 is 17.7 Å². The average molecular weight is 438 g/mol. The molecule has 7 heteroatoms. The standard InChI is InChI=1S/C25H31N3O4/c1-17(29)28-15-21(22(16-28)24(30)26(2)3)19-12-10-18(11-13-19)14-27(4)25(31)20-8-6-7-9-23(20)32-5/h6-13,21-22H,14-16H2,1-5H3/t21-,22+/m1/s1. The minimum absolute atomic E-state index is 0.0165. The predicted octanol–water partition coefficient (Wildman–Crippen LogP) is 2.62. The number of carbonyl (C=O) groups excluding carboxylic acids is 3. The fraction of sp³-hybridized carbons (Fsp3) is 0.400. The van der Waals surface area contributed by atoms with Gasteiger partial charge < -0.3 is 19.4 Å². The molecule has 3 rings (SSSR count). The van der Waals surface area contributed by atoms with Crippen LogP contribution in [0.1, 0.15) is 34.3 Å². The molecule has 1 aliphatic heterocycles. The van der Waals surface area contributed by atoms with E-state index in [0.29, 0.717) is 30.9 Å². The highest BCUT2D eigenvalue weighted by Crippen LogP contribution is 2.34. The third-order valence-corrected chi connectivity index (χ3v) is 6.03. The third kappa shape index (κ3) is 4.93. The van der Waals surface area contributed by atoms with Gasteiger partial charge in [-0.15, -0.1) is 0 Å². The Bertz CT molecular complexity index is 987. The SMILES string of the molecule is COc1ccccc1C(=O)N(C)Cc1ccc([C@H]2CN(C(C)=O)C[C@@H]2C(=O)N(C)C)cc1. The number of nitrogens with zero attached hydrogens (tertiary/aromatic N) is 3. The second-order valence-corrected chi connectivity index (χ2v) is 8.47. The quantitative estimate of drug-likeness (QED) is 0.697.